The number of aryl methyl sites for hydroxylation is 1. The molecule has 0 fully saturated rings. The predicted octanol–water partition coefficient (Wildman–Crippen LogP) is 1.81. The molecule has 2 aromatic heterocycles. The van der Waals surface area contributed by atoms with Gasteiger partial charge in [-0.15, -0.1) is 0 Å². The van der Waals surface area contributed by atoms with Crippen molar-refractivity contribution in [2.75, 3.05) is 14.1 Å². The fourth-order valence-corrected chi connectivity index (χ4v) is 3.81. The molecular formula is C18H25N3O4S. The Hall–Kier alpha value is -2.19. The first kappa shape index (κ1) is 20.1. The Balaban J connectivity index is 2.39. The van der Waals surface area contributed by atoms with Crippen LogP contribution in [0.15, 0.2) is 34.1 Å². The summed E-state index contributed by atoms with van der Waals surface area (Å²) in [5.74, 6) is -0.220. The van der Waals surface area contributed by atoms with Crippen LogP contribution in [0.4, 0.5) is 0 Å². The molecule has 7 nitrogen and oxygen atoms in total. The van der Waals surface area contributed by atoms with E-state index < -0.39 is 15.6 Å². The molecule has 0 aliphatic heterocycles. The van der Waals surface area contributed by atoms with Gasteiger partial charge in [-0.1, -0.05) is 6.92 Å². The van der Waals surface area contributed by atoms with E-state index in [-0.39, 0.29) is 17.2 Å². The molecule has 8 heteroatoms. The number of sulfonamides is 1. The van der Waals surface area contributed by atoms with Gasteiger partial charge in [-0.3, -0.25) is 9.59 Å². The van der Waals surface area contributed by atoms with Crippen LogP contribution in [0.1, 0.15) is 35.1 Å². The maximum Gasteiger partial charge on any atom is 0.251 e. The van der Waals surface area contributed by atoms with Crippen LogP contribution >= 0.6 is 0 Å². The van der Waals surface area contributed by atoms with E-state index in [1.165, 1.54) is 32.4 Å². The van der Waals surface area contributed by atoms with Crippen molar-refractivity contribution in [2.45, 2.75) is 45.2 Å². The largest absolute Gasteiger partial charge is 0.348 e. The molecule has 0 amide bonds. The van der Waals surface area contributed by atoms with E-state index in [0.29, 0.717) is 5.56 Å². The van der Waals surface area contributed by atoms with Crippen molar-refractivity contribution in [3.63, 3.8) is 0 Å². The van der Waals surface area contributed by atoms with Gasteiger partial charge in [0.05, 0.1) is 11.4 Å². The van der Waals surface area contributed by atoms with Gasteiger partial charge >= 0.3 is 0 Å². The van der Waals surface area contributed by atoms with Gasteiger partial charge < -0.3 is 9.13 Å². The van der Waals surface area contributed by atoms with Crippen LogP contribution in [0.5, 0.6) is 0 Å². The first-order chi connectivity index (χ1) is 12.1. The van der Waals surface area contributed by atoms with E-state index in [1.807, 2.05) is 19.9 Å². The fraction of sp³-hybridized carbons (Fsp3) is 0.444. The first-order valence-corrected chi connectivity index (χ1v) is 9.86. The number of hydrogen-bond acceptors (Lipinski definition) is 4. The van der Waals surface area contributed by atoms with Crippen molar-refractivity contribution in [3.8, 4) is 0 Å². The minimum Gasteiger partial charge on any atom is -0.348 e. The second-order valence-corrected chi connectivity index (χ2v) is 8.63. The highest BCUT2D eigenvalue weighted by Crippen LogP contribution is 2.17. The number of hydrogen-bond donors (Lipinski definition) is 0. The summed E-state index contributed by atoms with van der Waals surface area (Å²) < 4.78 is 28.8. The highest BCUT2D eigenvalue weighted by Gasteiger charge is 2.20. The third-order valence-electron chi connectivity index (χ3n) is 4.37. The number of ketones is 1. The van der Waals surface area contributed by atoms with Crippen molar-refractivity contribution in [1.29, 1.82) is 0 Å². The molecule has 0 N–H and O–H groups in total. The Morgan fingerprint density at radius 2 is 1.85 bits per heavy atom. The Bertz CT molecular complexity index is 984. The van der Waals surface area contributed by atoms with Gasteiger partial charge in [0, 0.05) is 49.9 Å². The molecule has 2 aromatic rings. The zero-order valence-corrected chi connectivity index (χ0v) is 16.6. The molecule has 0 aliphatic carbocycles. The van der Waals surface area contributed by atoms with Crippen LogP contribution < -0.4 is 5.56 Å². The average Bonchev–Trinajstić information content (AvgIpc) is 2.85. The lowest BCUT2D eigenvalue weighted by Crippen LogP contribution is -2.27. The molecule has 0 radical (unpaired) electrons. The summed E-state index contributed by atoms with van der Waals surface area (Å²) in [6.45, 7) is 6.51. The lowest BCUT2D eigenvalue weighted by atomic mass is 10.1. The summed E-state index contributed by atoms with van der Waals surface area (Å²) in [5.41, 5.74) is 1.99. The third kappa shape index (κ3) is 3.81. The molecule has 0 aromatic carbocycles. The van der Waals surface area contributed by atoms with E-state index in [1.54, 1.807) is 0 Å². The zero-order chi connectivity index (χ0) is 19.6. The fourth-order valence-electron chi connectivity index (χ4n) is 2.89. The molecule has 0 atom stereocenters. The predicted molar refractivity (Wildman–Crippen MR) is 100 cm³/mol. The summed E-state index contributed by atoms with van der Waals surface area (Å²) in [7, 11) is -0.846. The van der Waals surface area contributed by atoms with Gasteiger partial charge in [-0.05, 0) is 32.4 Å². The number of carbonyl (C=O) groups is 1. The van der Waals surface area contributed by atoms with Gasteiger partial charge in [-0.2, -0.15) is 0 Å². The van der Waals surface area contributed by atoms with Crippen LogP contribution in [0.3, 0.4) is 0 Å². The average molecular weight is 379 g/mol. The minimum absolute atomic E-state index is 0.0219. The summed E-state index contributed by atoms with van der Waals surface area (Å²) in [4.78, 5) is 24.8. The number of nitrogens with zero attached hydrogens (tertiary/aromatic N) is 3. The number of Topliss-reactive ketones (excluding diaryl/α,β-unsaturated/α-hetero) is 1. The number of carbonyl (C=O) groups excluding carboxylic acids is 1. The molecule has 0 saturated heterocycles. The summed E-state index contributed by atoms with van der Waals surface area (Å²) in [6.07, 6.45) is 2.18. The molecule has 0 aliphatic rings. The number of aromatic nitrogens is 2. The van der Waals surface area contributed by atoms with Crippen molar-refractivity contribution in [3.05, 3.63) is 51.7 Å². The van der Waals surface area contributed by atoms with Crippen LogP contribution in [-0.4, -0.2) is 41.7 Å². The van der Waals surface area contributed by atoms with Gasteiger partial charge in [-0.25, -0.2) is 12.7 Å². The Labute approximate surface area is 153 Å². The van der Waals surface area contributed by atoms with Crippen molar-refractivity contribution in [2.24, 2.45) is 0 Å². The maximum atomic E-state index is 12.7. The van der Waals surface area contributed by atoms with Crippen molar-refractivity contribution in [1.82, 2.24) is 13.4 Å². The molecule has 26 heavy (non-hydrogen) atoms. The van der Waals surface area contributed by atoms with Crippen LogP contribution in [-0.2, 0) is 23.1 Å². The minimum atomic E-state index is -3.68. The maximum absolute atomic E-state index is 12.7. The molecule has 0 bridgehead atoms. The Kier molecular flexibility index (Phi) is 5.87. The first-order valence-electron chi connectivity index (χ1n) is 8.42. The summed E-state index contributed by atoms with van der Waals surface area (Å²) >= 11 is 0. The monoisotopic (exact) mass is 379 g/mol. The number of pyridine rings is 1. The van der Waals surface area contributed by atoms with E-state index in [9.17, 15) is 18.0 Å². The molecule has 0 spiro atoms. The second-order valence-electron chi connectivity index (χ2n) is 6.48. The molecular weight excluding hydrogens is 354 g/mol. The lowest BCUT2D eigenvalue weighted by Gasteiger charge is -2.13. The van der Waals surface area contributed by atoms with Crippen LogP contribution in [0.25, 0.3) is 0 Å². The Morgan fingerprint density at radius 1 is 1.19 bits per heavy atom. The van der Waals surface area contributed by atoms with Gasteiger partial charge in [0.2, 0.25) is 10.0 Å². The molecule has 2 rings (SSSR count). The van der Waals surface area contributed by atoms with Crippen LogP contribution in [0, 0.1) is 13.8 Å². The lowest BCUT2D eigenvalue weighted by molar-refractivity contribution is 0.0969. The zero-order valence-electron chi connectivity index (χ0n) is 15.8. The van der Waals surface area contributed by atoms with E-state index in [2.05, 4.69) is 11.5 Å². The standard InChI is InChI=1S/C18H25N3O4S/c1-6-9-21-13(2)10-16(14(21)3)17(22)12-20-11-15(7-8-18(20)23)26(24,25)19(4)5/h7-8,10-11H,6,9,12H2,1-5H3. The highest BCUT2D eigenvalue weighted by atomic mass is 32.2. The summed E-state index contributed by atoms with van der Waals surface area (Å²) in [6, 6.07) is 4.24. The van der Waals surface area contributed by atoms with Crippen molar-refractivity contribution < 1.29 is 13.2 Å². The number of rotatable bonds is 7. The smallest absolute Gasteiger partial charge is 0.251 e. The van der Waals surface area contributed by atoms with Gasteiger partial charge in [0.25, 0.3) is 5.56 Å². The van der Waals surface area contributed by atoms with Gasteiger partial charge in [0.1, 0.15) is 0 Å². The third-order valence-corrected chi connectivity index (χ3v) is 6.17. The van der Waals surface area contributed by atoms with E-state index in [0.717, 1.165) is 33.2 Å². The molecule has 0 unspecified atom stereocenters. The Morgan fingerprint density at radius 3 is 2.42 bits per heavy atom. The molecule has 142 valence electrons. The molecule has 0 saturated carbocycles. The van der Waals surface area contributed by atoms with Crippen molar-refractivity contribution >= 4 is 15.8 Å². The van der Waals surface area contributed by atoms with E-state index in [4.69, 9.17) is 0 Å². The topological polar surface area (TPSA) is 81.4 Å². The van der Waals surface area contributed by atoms with E-state index >= 15 is 0 Å². The second kappa shape index (κ2) is 7.59. The SMILES string of the molecule is CCCn1c(C)cc(C(=O)Cn2cc(S(=O)(=O)N(C)C)ccc2=O)c1C. The molecule has 2 heterocycles. The normalized spacial score (nSPS) is 11.9. The summed E-state index contributed by atoms with van der Waals surface area (Å²) in [5, 5.41) is 0. The van der Waals surface area contributed by atoms with Crippen LogP contribution in [0.2, 0.25) is 0 Å². The highest BCUT2D eigenvalue weighted by molar-refractivity contribution is 7.89. The van der Waals surface area contributed by atoms with Gasteiger partial charge in [0.15, 0.2) is 5.78 Å². The quantitative estimate of drug-likeness (QED) is 0.687.